The molecule has 53 heavy (non-hydrogen) atoms. The summed E-state index contributed by atoms with van der Waals surface area (Å²) in [5.74, 6) is 1.87. The standard InChI is InChI=1S/C48H37N3OSi/c1-53(2,3)41-25-22-33(23-26-41)46-49-47(51-48(50-46)40-24-27-43-42-20-7-8-21-44(42)52-45(43)31-40)39-19-11-18-38(30-39)37-17-10-16-36(29-37)35-15-9-14-34(28-35)32-12-5-4-6-13-32/h4-31H,1-3H3. The van der Waals surface area contributed by atoms with E-state index < -0.39 is 8.07 Å². The van der Waals surface area contributed by atoms with Crippen molar-refractivity contribution < 1.29 is 4.42 Å². The number of aromatic nitrogens is 3. The van der Waals surface area contributed by atoms with Crippen molar-refractivity contribution >= 4 is 35.2 Å². The summed E-state index contributed by atoms with van der Waals surface area (Å²) in [6.07, 6.45) is 0. The number of hydrogen-bond donors (Lipinski definition) is 0. The molecule has 5 heteroatoms. The van der Waals surface area contributed by atoms with Crippen LogP contribution in [0.1, 0.15) is 0 Å². The number of benzene rings is 7. The molecule has 9 rings (SSSR count). The van der Waals surface area contributed by atoms with Gasteiger partial charge in [0.1, 0.15) is 11.2 Å². The summed E-state index contributed by atoms with van der Waals surface area (Å²) in [6.45, 7) is 7.08. The van der Waals surface area contributed by atoms with E-state index in [-0.39, 0.29) is 0 Å². The highest BCUT2D eigenvalue weighted by Crippen LogP contribution is 2.34. The van der Waals surface area contributed by atoms with E-state index in [1.807, 2.05) is 24.3 Å². The molecule has 0 aliphatic rings. The minimum atomic E-state index is -1.47. The Morgan fingerprint density at radius 3 is 1.38 bits per heavy atom. The van der Waals surface area contributed by atoms with Gasteiger partial charge in [0.05, 0.1) is 8.07 Å². The van der Waals surface area contributed by atoms with Crippen LogP contribution in [0.2, 0.25) is 19.6 Å². The molecule has 0 saturated heterocycles. The minimum absolute atomic E-state index is 0.604. The molecular formula is C48H37N3OSi. The van der Waals surface area contributed by atoms with Gasteiger partial charge < -0.3 is 4.42 Å². The van der Waals surface area contributed by atoms with Crippen molar-refractivity contribution in [1.82, 2.24) is 15.0 Å². The SMILES string of the molecule is C[Si](C)(C)c1ccc(-c2nc(-c3cccc(-c4cccc(-c5cccc(-c6ccccc6)c5)c4)c3)nc(-c3ccc4c(c3)oc3ccccc34)n2)cc1. The maximum absolute atomic E-state index is 6.26. The second-order valence-electron chi connectivity index (χ2n) is 14.6. The lowest BCUT2D eigenvalue weighted by atomic mass is 9.95. The molecule has 7 aromatic carbocycles. The molecule has 0 bridgehead atoms. The third-order valence-corrected chi connectivity index (χ3v) is 12.0. The lowest BCUT2D eigenvalue weighted by Gasteiger charge is -2.16. The van der Waals surface area contributed by atoms with Crippen LogP contribution >= 0.6 is 0 Å². The highest BCUT2D eigenvalue weighted by Gasteiger charge is 2.18. The van der Waals surface area contributed by atoms with E-state index in [9.17, 15) is 0 Å². The molecule has 0 atom stereocenters. The molecule has 0 radical (unpaired) electrons. The molecule has 0 aliphatic carbocycles. The topological polar surface area (TPSA) is 51.8 Å². The molecule has 0 saturated carbocycles. The summed E-state index contributed by atoms with van der Waals surface area (Å²) in [7, 11) is -1.47. The Balaban J connectivity index is 1.13. The Hall–Kier alpha value is -6.43. The van der Waals surface area contributed by atoms with Crippen LogP contribution < -0.4 is 5.19 Å². The molecule has 2 aromatic heterocycles. The van der Waals surface area contributed by atoms with E-state index in [0.717, 1.165) is 55.3 Å². The number of rotatable bonds is 7. The maximum atomic E-state index is 6.26. The van der Waals surface area contributed by atoms with Crippen LogP contribution in [0.15, 0.2) is 174 Å². The minimum Gasteiger partial charge on any atom is -0.456 e. The molecule has 0 N–H and O–H groups in total. The van der Waals surface area contributed by atoms with Crippen molar-refractivity contribution in [3.8, 4) is 67.5 Å². The zero-order valence-electron chi connectivity index (χ0n) is 29.9. The molecule has 0 amide bonds. The van der Waals surface area contributed by atoms with Gasteiger partial charge in [0.25, 0.3) is 0 Å². The molecule has 0 spiro atoms. The predicted octanol–water partition coefficient (Wildman–Crippen LogP) is 12.3. The number of hydrogen-bond acceptors (Lipinski definition) is 4. The van der Waals surface area contributed by atoms with Crippen molar-refractivity contribution in [1.29, 1.82) is 0 Å². The van der Waals surface area contributed by atoms with E-state index >= 15 is 0 Å². The number of nitrogens with zero attached hydrogens (tertiary/aromatic N) is 3. The van der Waals surface area contributed by atoms with Gasteiger partial charge in [0, 0.05) is 27.5 Å². The van der Waals surface area contributed by atoms with Crippen molar-refractivity contribution in [2.45, 2.75) is 19.6 Å². The van der Waals surface area contributed by atoms with E-state index in [1.54, 1.807) is 0 Å². The number of para-hydroxylation sites is 1. The molecule has 2 heterocycles. The average molecular weight is 700 g/mol. The monoisotopic (exact) mass is 699 g/mol. The van der Waals surface area contributed by atoms with Gasteiger partial charge in [-0.1, -0.05) is 158 Å². The van der Waals surface area contributed by atoms with E-state index in [2.05, 4.69) is 165 Å². The van der Waals surface area contributed by atoms with E-state index in [4.69, 9.17) is 19.4 Å². The van der Waals surface area contributed by atoms with E-state index in [1.165, 1.54) is 21.9 Å². The summed E-state index contributed by atoms with van der Waals surface area (Å²) in [4.78, 5) is 15.2. The van der Waals surface area contributed by atoms with Crippen molar-refractivity contribution in [3.63, 3.8) is 0 Å². The number of fused-ring (bicyclic) bond motifs is 3. The van der Waals surface area contributed by atoms with Gasteiger partial charge in [0.15, 0.2) is 17.5 Å². The summed E-state index contributed by atoms with van der Waals surface area (Å²) >= 11 is 0. The first-order valence-electron chi connectivity index (χ1n) is 18.0. The zero-order valence-corrected chi connectivity index (χ0v) is 30.9. The third kappa shape index (κ3) is 6.48. The normalized spacial score (nSPS) is 11.7. The van der Waals surface area contributed by atoms with Gasteiger partial charge in [0.2, 0.25) is 0 Å². The van der Waals surface area contributed by atoms with Gasteiger partial charge in [-0.15, -0.1) is 0 Å². The molecular weight excluding hydrogens is 663 g/mol. The van der Waals surface area contributed by atoms with Gasteiger partial charge in [-0.2, -0.15) is 0 Å². The van der Waals surface area contributed by atoms with Gasteiger partial charge >= 0.3 is 0 Å². The first kappa shape index (κ1) is 32.5. The molecule has 9 aromatic rings. The smallest absolute Gasteiger partial charge is 0.164 e. The lowest BCUT2D eigenvalue weighted by molar-refractivity contribution is 0.669. The Kier molecular flexibility index (Phi) is 8.13. The molecule has 254 valence electrons. The Bertz CT molecular complexity index is 2760. The average Bonchev–Trinajstić information content (AvgIpc) is 3.59. The summed E-state index contributed by atoms with van der Waals surface area (Å²) in [6, 6.07) is 59.6. The van der Waals surface area contributed by atoms with E-state index in [0.29, 0.717) is 17.5 Å². The Morgan fingerprint density at radius 2 is 0.774 bits per heavy atom. The third-order valence-electron chi connectivity index (χ3n) is 9.90. The van der Waals surface area contributed by atoms with Crippen molar-refractivity contribution in [2.24, 2.45) is 0 Å². The van der Waals surface area contributed by atoms with Gasteiger partial charge in [-0.05, 0) is 69.8 Å². The first-order valence-corrected chi connectivity index (χ1v) is 21.5. The second kappa shape index (κ2) is 13.3. The fourth-order valence-corrected chi connectivity index (χ4v) is 8.14. The van der Waals surface area contributed by atoms with Crippen LogP contribution in [0.25, 0.3) is 89.5 Å². The fourth-order valence-electron chi connectivity index (χ4n) is 6.97. The molecule has 4 nitrogen and oxygen atoms in total. The van der Waals surface area contributed by atoms with Crippen LogP contribution in [0, 0.1) is 0 Å². The summed E-state index contributed by atoms with van der Waals surface area (Å²) in [5.41, 5.74) is 11.4. The number of furan rings is 1. The summed E-state index contributed by atoms with van der Waals surface area (Å²) in [5, 5.41) is 3.56. The molecule has 0 fully saturated rings. The van der Waals surface area contributed by atoms with Gasteiger partial charge in [-0.25, -0.2) is 15.0 Å². The van der Waals surface area contributed by atoms with Crippen molar-refractivity contribution in [3.05, 3.63) is 170 Å². The molecule has 0 aliphatic heterocycles. The van der Waals surface area contributed by atoms with Crippen LogP contribution in [0.5, 0.6) is 0 Å². The van der Waals surface area contributed by atoms with Crippen LogP contribution in [-0.2, 0) is 0 Å². The van der Waals surface area contributed by atoms with Crippen molar-refractivity contribution in [2.75, 3.05) is 0 Å². The van der Waals surface area contributed by atoms with Crippen LogP contribution in [0.3, 0.4) is 0 Å². The largest absolute Gasteiger partial charge is 0.456 e. The highest BCUT2D eigenvalue weighted by atomic mass is 28.3. The van der Waals surface area contributed by atoms with Gasteiger partial charge in [-0.3, -0.25) is 0 Å². The fraction of sp³-hybridized carbons (Fsp3) is 0.0625. The Labute approximate surface area is 310 Å². The predicted molar refractivity (Wildman–Crippen MR) is 223 cm³/mol. The first-order chi connectivity index (χ1) is 25.9. The highest BCUT2D eigenvalue weighted by molar-refractivity contribution is 6.88. The maximum Gasteiger partial charge on any atom is 0.164 e. The molecule has 0 unspecified atom stereocenters. The second-order valence-corrected chi connectivity index (χ2v) is 19.6. The summed E-state index contributed by atoms with van der Waals surface area (Å²) < 4.78 is 6.26. The van der Waals surface area contributed by atoms with Crippen LogP contribution in [-0.4, -0.2) is 23.0 Å². The lowest BCUT2D eigenvalue weighted by Crippen LogP contribution is -2.37. The van der Waals surface area contributed by atoms with Crippen LogP contribution in [0.4, 0.5) is 0 Å². The quantitative estimate of drug-likeness (QED) is 0.155. The Morgan fingerprint density at radius 1 is 0.340 bits per heavy atom. The zero-order chi connectivity index (χ0) is 35.9.